The maximum absolute atomic E-state index is 11.4. The van der Waals surface area contributed by atoms with E-state index in [1.54, 1.807) is 12.1 Å². The lowest BCUT2D eigenvalue weighted by molar-refractivity contribution is 0.0601. The molecule has 1 atom stereocenters. The van der Waals surface area contributed by atoms with Gasteiger partial charge in [-0.2, -0.15) is 0 Å². The molecule has 104 valence electrons. The highest BCUT2D eigenvalue weighted by Gasteiger charge is 2.07. The maximum Gasteiger partial charge on any atom is 0.337 e. The number of hydrogen-bond donors (Lipinski definition) is 1. The van der Waals surface area contributed by atoms with Crippen LogP contribution in [0.1, 0.15) is 34.5 Å². The van der Waals surface area contributed by atoms with E-state index in [4.69, 9.17) is 0 Å². The highest BCUT2D eigenvalue weighted by atomic mass is 16.5. The van der Waals surface area contributed by atoms with E-state index < -0.39 is 0 Å². The standard InChI is InChI=1S/C17H19NO2/c1-12-5-4-6-15(11-12)13(2)18-16-9-7-14(8-10-16)17(19)20-3/h4-11,13,18H,1-3H3. The zero-order valence-electron chi connectivity index (χ0n) is 12.0. The van der Waals surface area contributed by atoms with Gasteiger partial charge in [0.05, 0.1) is 12.7 Å². The van der Waals surface area contributed by atoms with Crippen molar-refractivity contribution in [3.05, 3.63) is 65.2 Å². The normalized spacial score (nSPS) is 11.8. The van der Waals surface area contributed by atoms with Gasteiger partial charge in [-0.15, -0.1) is 0 Å². The van der Waals surface area contributed by atoms with Crippen LogP contribution in [0.2, 0.25) is 0 Å². The molecule has 2 aromatic carbocycles. The van der Waals surface area contributed by atoms with Crippen molar-refractivity contribution in [3.63, 3.8) is 0 Å². The lowest BCUT2D eigenvalue weighted by Crippen LogP contribution is -2.07. The van der Waals surface area contributed by atoms with Crippen molar-refractivity contribution in [1.82, 2.24) is 0 Å². The van der Waals surface area contributed by atoms with E-state index in [-0.39, 0.29) is 12.0 Å². The molecule has 0 radical (unpaired) electrons. The minimum absolute atomic E-state index is 0.207. The quantitative estimate of drug-likeness (QED) is 0.854. The highest BCUT2D eigenvalue weighted by Crippen LogP contribution is 2.20. The Hall–Kier alpha value is -2.29. The molecule has 0 heterocycles. The van der Waals surface area contributed by atoms with Crippen LogP contribution < -0.4 is 5.32 Å². The van der Waals surface area contributed by atoms with Crippen molar-refractivity contribution < 1.29 is 9.53 Å². The second-order valence-electron chi connectivity index (χ2n) is 4.85. The van der Waals surface area contributed by atoms with Crippen LogP contribution in [0, 0.1) is 6.92 Å². The SMILES string of the molecule is COC(=O)c1ccc(NC(C)c2cccc(C)c2)cc1. The Morgan fingerprint density at radius 1 is 1.15 bits per heavy atom. The number of hydrogen-bond acceptors (Lipinski definition) is 3. The molecule has 0 spiro atoms. The summed E-state index contributed by atoms with van der Waals surface area (Å²) in [7, 11) is 1.38. The lowest BCUT2D eigenvalue weighted by atomic mass is 10.1. The fraction of sp³-hybridized carbons (Fsp3) is 0.235. The Morgan fingerprint density at radius 2 is 1.85 bits per heavy atom. The van der Waals surface area contributed by atoms with Gasteiger partial charge in [0.2, 0.25) is 0 Å². The molecule has 2 rings (SSSR count). The minimum Gasteiger partial charge on any atom is -0.465 e. The molecular formula is C17H19NO2. The first-order valence-electron chi connectivity index (χ1n) is 6.61. The summed E-state index contributed by atoms with van der Waals surface area (Å²) in [5, 5.41) is 3.42. The summed E-state index contributed by atoms with van der Waals surface area (Å²) in [6, 6.07) is 15.9. The van der Waals surface area contributed by atoms with Gasteiger partial charge in [-0.25, -0.2) is 4.79 Å². The number of aryl methyl sites for hydroxylation is 1. The molecule has 2 aromatic rings. The number of methoxy groups -OCH3 is 1. The molecule has 0 aromatic heterocycles. The van der Waals surface area contributed by atoms with E-state index in [0.717, 1.165) is 5.69 Å². The number of anilines is 1. The number of benzene rings is 2. The molecule has 1 unspecified atom stereocenters. The molecular weight excluding hydrogens is 250 g/mol. The molecule has 0 saturated heterocycles. The fourth-order valence-corrected chi connectivity index (χ4v) is 2.09. The molecule has 0 aliphatic heterocycles. The first kappa shape index (κ1) is 14.1. The monoisotopic (exact) mass is 269 g/mol. The summed E-state index contributed by atoms with van der Waals surface area (Å²) in [6.07, 6.45) is 0. The predicted octanol–water partition coefficient (Wildman–Crippen LogP) is 3.95. The van der Waals surface area contributed by atoms with Crippen LogP contribution in [0.3, 0.4) is 0 Å². The summed E-state index contributed by atoms with van der Waals surface area (Å²) in [5.41, 5.74) is 4.02. The molecule has 3 nitrogen and oxygen atoms in total. The van der Waals surface area contributed by atoms with Gasteiger partial charge in [0.15, 0.2) is 0 Å². The second-order valence-corrected chi connectivity index (χ2v) is 4.85. The van der Waals surface area contributed by atoms with Crippen LogP contribution in [-0.2, 0) is 4.74 Å². The number of esters is 1. The molecule has 0 aliphatic rings. The third-order valence-corrected chi connectivity index (χ3v) is 3.23. The second kappa shape index (κ2) is 6.24. The molecule has 0 saturated carbocycles. The van der Waals surface area contributed by atoms with Crippen molar-refractivity contribution in [2.75, 3.05) is 12.4 Å². The zero-order valence-corrected chi connectivity index (χ0v) is 12.0. The maximum atomic E-state index is 11.4. The van der Waals surface area contributed by atoms with Gasteiger partial charge >= 0.3 is 5.97 Å². The van der Waals surface area contributed by atoms with E-state index in [1.807, 2.05) is 12.1 Å². The molecule has 0 fully saturated rings. The van der Waals surface area contributed by atoms with Gasteiger partial charge in [-0.1, -0.05) is 29.8 Å². The van der Waals surface area contributed by atoms with E-state index in [0.29, 0.717) is 5.56 Å². The number of nitrogens with one attached hydrogen (secondary N) is 1. The molecule has 3 heteroatoms. The summed E-state index contributed by atoms with van der Waals surface area (Å²) in [6.45, 7) is 4.20. The average molecular weight is 269 g/mol. The Labute approximate surface area is 119 Å². The van der Waals surface area contributed by atoms with Crippen molar-refractivity contribution in [2.24, 2.45) is 0 Å². The van der Waals surface area contributed by atoms with Crippen LogP contribution in [0.4, 0.5) is 5.69 Å². The fourth-order valence-electron chi connectivity index (χ4n) is 2.09. The first-order chi connectivity index (χ1) is 9.60. The molecule has 0 bridgehead atoms. The smallest absolute Gasteiger partial charge is 0.337 e. The van der Waals surface area contributed by atoms with Crippen LogP contribution >= 0.6 is 0 Å². The molecule has 20 heavy (non-hydrogen) atoms. The number of ether oxygens (including phenoxy) is 1. The third kappa shape index (κ3) is 3.38. The lowest BCUT2D eigenvalue weighted by Gasteiger charge is -2.16. The van der Waals surface area contributed by atoms with Gasteiger partial charge in [0.1, 0.15) is 0 Å². The zero-order chi connectivity index (χ0) is 14.5. The Kier molecular flexibility index (Phi) is 4.41. The van der Waals surface area contributed by atoms with Gasteiger partial charge in [-0.05, 0) is 43.7 Å². The van der Waals surface area contributed by atoms with Crippen LogP contribution in [0.25, 0.3) is 0 Å². The number of rotatable bonds is 4. The van der Waals surface area contributed by atoms with Crippen molar-refractivity contribution >= 4 is 11.7 Å². The van der Waals surface area contributed by atoms with Crippen LogP contribution in [0.5, 0.6) is 0 Å². The predicted molar refractivity (Wildman–Crippen MR) is 81.0 cm³/mol. The van der Waals surface area contributed by atoms with Gasteiger partial charge in [0, 0.05) is 11.7 Å². The van der Waals surface area contributed by atoms with Crippen molar-refractivity contribution in [2.45, 2.75) is 19.9 Å². The number of carbonyl (C=O) groups is 1. The van der Waals surface area contributed by atoms with E-state index >= 15 is 0 Å². The topological polar surface area (TPSA) is 38.3 Å². The van der Waals surface area contributed by atoms with Crippen LogP contribution in [0.15, 0.2) is 48.5 Å². The summed E-state index contributed by atoms with van der Waals surface area (Å²) in [5.74, 6) is -0.316. The average Bonchev–Trinajstić information content (AvgIpc) is 2.47. The van der Waals surface area contributed by atoms with Gasteiger partial charge in [-0.3, -0.25) is 0 Å². The Bertz CT molecular complexity index is 590. The van der Waals surface area contributed by atoms with E-state index in [2.05, 4.69) is 48.2 Å². The van der Waals surface area contributed by atoms with E-state index in [1.165, 1.54) is 18.2 Å². The minimum atomic E-state index is -0.316. The van der Waals surface area contributed by atoms with E-state index in [9.17, 15) is 4.79 Å². The van der Waals surface area contributed by atoms with Crippen molar-refractivity contribution in [1.29, 1.82) is 0 Å². The highest BCUT2D eigenvalue weighted by molar-refractivity contribution is 5.89. The summed E-state index contributed by atoms with van der Waals surface area (Å²) in [4.78, 5) is 11.4. The van der Waals surface area contributed by atoms with Crippen molar-refractivity contribution in [3.8, 4) is 0 Å². The Balaban J connectivity index is 2.08. The summed E-state index contributed by atoms with van der Waals surface area (Å²) < 4.78 is 4.68. The first-order valence-corrected chi connectivity index (χ1v) is 6.61. The molecule has 1 N–H and O–H groups in total. The molecule has 0 aliphatic carbocycles. The molecule has 0 amide bonds. The third-order valence-electron chi connectivity index (χ3n) is 3.23. The Morgan fingerprint density at radius 3 is 2.45 bits per heavy atom. The van der Waals surface area contributed by atoms with Gasteiger partial charge < -0.3 is 10.1 Å². The summed E-state index contributed by atoms with van der Waals surface area (Å²) >= 11 is 0. The van der Waals surface area contributed by atoms with Crippen LogP contribution in [-0.4, -0.2) is 13.1 Å². The number of carbonyl (C=O) groups excluding carboxylic acids is 1. The largest absolute Gasteiger partial charge is 0.465 e. The van der Waals surface area contributed by atoms with Gasteiger partial charge in [0.25, 0.3) is 0 Å².